The molecule has 0 amide bonds. The molecule has 2 nitrogen and oxygen atoms in total. The zero-order valence-electron chi connectivity index (χ0n) is 7.94. The molecule has 1 fully saturated rings. The standard InChI is InChI=1S/C7H8.C3H6.CH2O2/c1-7-5-3-2-4-6-7;1-2-3-1;2-1-3/h2-6H,1H3;1-3H2;1H,(H,2,3). The largest absolute Gasteiger partial charge is 0.483 e. The van der Waals surface area contributed by atoms with Gasteiger partial charge in [0.05, 0.1) is 0 Å². The van der Waals surface area contributed by atoms with Crippen molar-refractivity contribution < 1.29 is 9.90 Å². The molecule has 1 aliphatic rings. The SMILES string of the molecule is C1CC1.Cc1ccccc1.O=CO. The molecule has 1 N–H and O–H groups in total. The van der Waals surface area contributed by atoms with E-state index < -0.39 is 0 Å². The Morgan fingerprint density at radius 3 is 1.69 bits per heavy atom. The topological polar surface area (TPSA) is 37.3 Å². The summed E-state index contributed by atoms with van der Waals surface area (Å²) in [5, 5.41) is 6.89. The highest BCUT2D eigenvalue weighted by Crippen LogP contribution is 2.14. The van der Waals surface area contributed by atoms with Crippen LogP contribution in [0.15, 0.2) is 30.3 Å². The monoisotopic (exact) mass is 180 g/mol. The first-order chi connectivity index (χ1) is 6.31. The Morgan fingerprint density at radius 2 is 1.54 bits per heavy atom. The maximum absolute atomic E-state index is 8.36. The second kappa shape index (κ2) is 8.78. The van der Waals surface area contributed by atoms with Gasteiger partial charge >= 0.3 is 0 Å². The van der Waals surface area contributed by atoms with Crippen LogP contribution >= 0.6 is 0 Å². The molecule has 1 aliphatic carbocycles. The second-order valence-corrected chi connectivity index (χ2v) is 2.82. The Balaban J connectivity index is 0.000000200. The lowest BCUT2D eigenvalue weighted by Gasteiger charge is -1.82. The lowest BCUT2D eigenvalue weighted by Crippen LogP contribution is -1.62. The van der Waals surface area contributed by atoms with E-state index in [0.29, 0.717) is 0 Å². The van der Waals surface area contributed by atoms with E-state index in [9.17, 15) is 0 Å². The number of rotatable bonds is 0. The summed E-state index contributed by atoms with van der Waals surface area (Å²) in [5.41, 5.74) is 1.32. The quantitative estimate of drug-likeness (QED) is 0.623. The molecule has 1 aromatic rings. The van der Waals surface area contributed by atoms with Gasteiger partial charge in [0.25, 0.3) is 6.47 Å². The van der Waals surface area contributed by atoms with Crippen molar-refractivity contribution in [2.75, 3.05) is 0 Å². The van der Waals surface area contributed by atoms with E-state index in [1.807, 2.05) is 18.2 Å². The van der Waals surface area contributed by atoms with Crippen molar-refractivity contribution in [2.24, 2.45) is 0 Å². The Morgan fingerprint density at radius 1 is 1.15 bits per heavy atom. The summed E-state index contributed by atoms with van der Waals surface area (Å²) in [7, 11) is 0. The van der Waals surface area contributed by atoms with E-state index in [-0.39, 0.29) is 6.47 Å². The van der Waals surface area contributed by atoms with Crippen molar-refractivity contribution in [3.8, 4) is 0 Å². The van der Waals surface area contributed by atoms with Crippen LogP contribution in [0.5, 0.6) is 0 Å². The van der Waals surface area contributed by atoms with E-state index >= 15 is 0 Å². The molecule has 1 aromatic carbocycles. The molecular formula is C11H16O2. The molecule has 13 heavy (non-hydrogen) atoms. The smallest absolute Gasteiger partial charge is 0.290 e. The van der Waals surface area contributed by atoms with E-state index in [1.54, 1.807) is 0 Å². The van der Waals surface area contributed by atoms with Crippen LogP contribution in [0.3, 0.4) is 0 Å². The van der Waals surface area contributed by atoms with Gasteiger partial charge < -0.3 is 5.11 Å². The van der Waals surface area contributed by atoms with E-state index in [0.717, 1.165) is 0 Å². The van der Waals surface area contributed by atoms with Crippen molar-refractivity contribution in [3.05, 3.63) is 35.9 Å². The molecule has 0 radical (unpaired) electrons. The lowest BCUT2D eigenvalue weighted by atomic mass is 10.2. The minimum Gasteiger partial charge on any atom is -0.483 e. The number of hydrogen-bond acceptors (Lipinski definition) is 1. The summed E-state index contributed by atoms with van der Waals surface area (Å²) in [6, 6.07) is 10.3. The lowest BCUT2D eigenvalue weighted by molar-refractivity contribution is -0.122. The molecule has 0 aliphatic heterocycles. The van der Waals surface area contributed by atoms with Gasteiger partial charge in [-0.3, -0.25) is 4.79 Å². The molecule has 0 aromatic heterocycles. The molecule has 0 atom stereocenters. The van der Waals surface area contributed by atoms with Crippen molar-refractivity contribution in [1.29, 1.82) is 0 Å². The third kappa shape index (κ3) is 13.7. The van der Waals surface area contributed by atoms with Gasteiger partial charge in [0, 0.05) is 0 Å². The number of hydrogen-bond donors (Lipinski definition) is 1. The molecule has 0 unspecified atom stereocenters. The fourth-order valence-corrected chi connectivity index (χ4v) is 0.534. The van der Waals surface area contributed by atoms with Gasteiger partial charge in [-0.1, -0.05) is 55.2 Å². The van der Waals surface area contributed by atoms with Crippen molar-refractivity contribution in [3.63, 3.8) is 0 Å². The predicted molar refractivity (Wildman–Crippen MR) is 53.7 cm³/mol. The first-order valence-corrected chi connectivity index (χ1v) is 4.40. The third-order valence-corrected chi connectivity index (χ3v) is 1.29. The summed E-state index contributed by atoms with van der Waals surface area (Å²) < 4.78 is 0. The summed E-state index contributed by atoms with van der Waals surface area (Å²) in [6.45, 7) is 1.83. The van der Waals surface area contributed by atoms with Crippen LogP contribution in [0, 0.1) is 6.92 Å². The molecule has 0 heterocycles. The first kappa shape index (κ1) is 11.7. The molecule has 0 spiro atoms. The van der Waals surface area contributed by atoms with Crippen LogP contribution in [0.2, 0.25) is 0 Å². The Hall–Kier alpha value is -1.31. The average Bonchev–Trinajstić information content (AvgIpc) is 2.92. The fourth-order valence-electron chi connectivity index (χ4n) is 0.534. The van der Waals surface area contributed by atoms with Crippen molar-refractivity contribution >= 4 is 6.47 Å². The molecule has 0 saturated heterocycles. The highest BCUT2D eigenvalue weighted by atomic mass is 16.3. The number of carboxylic acid groups (broad SMARTS) is 1. The van der Waals surface area contributed by atoms with Crippen LogP contribution in [-0.4, -0.2) is 11.6 Å². The Kier molecular flexibility index (Phi) is 7.90. The normalized spacial score (nSPS) is 11.2. The van der Waals surface area contributed by atoms with Crippen LogP contribution < -0.4 is 0 Å². The zero-order valence-corrected chi connectivity index (χ0v) is 7.94. The third-order valence-electron chi connectivity index (χ3n) is 1.29. The van der Waals surface area contributed by atoms with Crippen LogP contribution in [-0.2, 0) is 4.79 Å². The summed E-state index contributed by atoms with van der Waals surface area (Å²) in [6.07, 6.45) is 4.50. The molecule has 2 heteroatoms. The van der Waals surface area contributed by atoms with E-state index in [4.69, 9.17) is 9.90 Å². The van der Waals surface area contributed by atoms with Gasteiger partial charge in [0.2, 0.25) is 0 Å². The van der Waals surface area contributed by atoms with Gasteiger partial charge in [-0.05, 0) is 6.92 Å². The molecule has 1 saturated carbocycles. The van der Waals surface area contributed by atoms with E-state index in [1.165, 1.54) is 24.8 Å². The molecular weight excluding hydrogens is 164 g/mol. The second-order valence-electron chi connectivity index (χ2n) is 2.82. The maximum atomic E-state index is 8.36. The van der Waals surface area contributed by atoms with Gasteiger partial charge in [0.15, 0.2) is 0 Å². The van der Waals surface area contributed by atoms with Crippen LogP contribution in [0.25, 0.3) is 0 Å². The number of carbonyl (C=O) groups is 1. The summed E-state index contributed by atoms with van der Waals surface area (Å²) in [4.78, 5) is 8.36. The van der Waals surface area contributed by atoms with Gasteiger partial charge in [-0.15, -0.1) is 0 Å². The Bertz CT molecular complexity index is 202. The van der Waals surface area contributed by atoms with Crippen LogP contribution in [0.4, 0.5) is 0 Å². The minimum absolute atomic E-state index is 0.250. The number of aryl methyl sites for hydroxylation is 1. The minimum atomic E-state index is -0.250. The summed E-state index contributed by atoms with van der Waals surface area (Å²) >= 11 is 0. The molecule has 72 valence electrons. The highest BCUT2D eigenvalue weighted by Gasteiger charge is 1.95. The van der Waals surface area contributed by atoms with Crippen molar-refractivity contribution in [2.45, 2.75) is 26.2 Å². The van der Waals surface area contributed by atoms with Gasteiger partial charge in [-0.25, -0.2) is 0 Å². The van der Waals surface area contributed by atoms with Crippen LogP contribution in [0.1, 0.15) is 24.8 Å². The van der Waals surface area contributed by atoms with E-state index in [2.05, 4.69) is 19.1 Å². The molecule has 2 rings (SSSR count). The van der Waals surface area contributed by atoms with Gasteiger partial charge in [0.1, 0.15) is 0 Å². The van der Waals surface area contributed by atoms with Gasteiger partial charge in [-0.2, -0.15) is 0 Å². The summed E-state index contributed by atoms with van der Waals surface area (Å²) in [5.74, 6) is 0. The predicted octanol–water partition coefficient (Wildman–Crippen LogP) is 2.87. The fraction of sp³-hybridized carbons (Fsp3) is 0.364. The number of benzene rings is 1. The first-order valence-electron chi connectivity index (χ1n) is 4.40. The molecule has 0 bridgehead atoms. The Labute approximate surface area is 79.2 Å². The maximum Gasteiger partial charge on any atom is 0.290 e. The highest BCUT2D eigenvalue weighted by molar-refractivity contribution is 5.32. The van der Waals surface area contributed by atoms with Crippen molar-refractivity contribution in [1.82, 2.24) is 0 Å². The zero-order chi connectivity index (χ0) is 9.94. The average molecular weight is 180 g/mol.